The molecule has 0 aliphatic carbocycles. The lowest BCUT2D eigenvalue weighted by Crippen LogP contribution is -2.68. The Kier molecular flexibility index (Phi) is 2.46. The van der Waals surface area contributed by atoms with Crippen LogP contribution in [0.5, 0.6) is 0 Å². The van der Waals surface area contributed by atoms with E-state index in [1.165, 1.54) is 0 Å². The third-order valence-electron chi connectivity index (χ3n) is 1.88. The highest BCUT2D eigenvalue weighted by molar-refractivity contribution is 5.85. The van der Waals surface area contributed by atoms with Gasteiger partial charge in [0.15, 0.2) is 0 Å². The first-order valence-corrected chi connectivity index (χ1v) is 3.84. The fourth-order valence-corrected chi connectivity index (χ4v) is 1.00. The lowest BCUT2D eigenvalue weighted by molar-refractivity contribution is -0.144. The number of ether oxygens (including phenoxy) is 1. The molecule has 0 unspecified atom stereocenters. The molecular weight excluding hydrogens is 144 g/mol. The third-order valence-corrected chi connectivity index (χ3v) is 1.88. The molecule has 1 rings (SSSR count). The topological polar surface area (TPSA) is 64.3 Å². The molecule has 11 heavy (non-hydrogen) atoms. The van der Waals surface area contributed by atoms with E-state index in [1.807, 2.05) is 6.92 Å². The molecule has 0 bridgehead atoms. The number of nitrogens with two attached hydrogens (primary N) is 1. The van der Waals surface area contributed by atoms with Gasteiger partial charge in [0, 0.05) is 0 Å². The summed E-state index contributed by atoms with van der Waals surface area (Å²) in [6, 6.07) is 0. The van der Waals surface area contributed by atoms with Gasteiger partial charge in [-0.25, -0.2) is 0 Å². The van der Waals surface area contributed by atoms with Gasteiger partial charge >= 0.3 is 0 Å². The van der Waals surface area contributed by atoms with E-state index in [-0.39, 0.29) is 5.91 Å². The van der Waals surface area contributed by atoms with Crippen molar-refractivity contribution in [3.05, 3.63) is 0 Å². The lowest BCUT2D eigenvalue weighted by atomic mass is 9.96. The molecule has 1 fully saturated rings. The molecule has 0 radical (unpaired) electrons. The number of nitrogens with one attached hydrogen (secondary N) is 1. The van der Waals surface area contributed by atoms with Crippen LogP contribution in [-0.2, 0) is 9.53 Å². The number of primary amides is 1. The molecule has 4 nitrogen and oxygen atoms in total. The van der Waals surface area contributed by atoms with Crippen molar-refractivity contribution in [3.63, 3.8) is 0 Å². The van der Waals surface area contributed by atoms with Crippen LogP contribution in [0.4, 0.5) is 0 Å². The highest BCUT2D eigenvalue weighted by Gasteiger charge is 2.43. The average Bonchev–Trinajstić information content (AvgIpc) is 1.85. The largest absolute Gasteiger partial charge is 0.376 e. The summed E-state index contributed by atoms with van der Waals surface area (Å²) in [5, 5.41) is 3.08. The number of carbonyl (C=O) groups is 1. The van der Waals surface area contributed by atoms with Gasteiger partial charge < -0.3 is 10.5 Å². The summed E-state index contributed by atoms with van der Waals surface area (Å²) in [4.78, 5) is 10.9. The molecule has 0 atom stereocenters. The Morgan fingerprint density at radius 1 is 1.73 bits per heavy atom. The first kappa shape index (κ1) is 8.49. The molecule has 1 saturated heterocycles. The highest BCUT2D eigenvalue weighted by atomic mass is 16.5. The number of hydrogen-bond acceptors (Lipinski definition) is 3. The summed E-state index contributed by atoms with van der Waals surface area (Å²) < 4.78 is 4.93. The van der Waals surface area contributed by atoms with Gasteiger partial charge in [-0.2, -0.15) is 0 Å². The van der Waals surface area contributed by atoms with Gasteiger partial charge in [0.05, 0.1) is 13.2 Å². The Hall–Kier alpha value is -0.610. The van der Waals surface area contributed by atoms with Crippen LogP contribution >= 0.6 is 0 Å². The van der Waals surface area contributed by atoms with Crippen LogP contribution in [0.3, 0.4) is 0 Å². The van der Waals surface area contributed by atoms with Crippen LogP contribution in [-0.4, -0.2) is 31.2 Å². The van der Waals surface area contributed by atoms with E-state index in [9.17, 15) is 4.79 Å². The van der Waals surface area contributed by atoms with Gasteiger partial charge in [0.2, 0.25) is 5.91 Å². The van der Waals surface area contributed by atoms with Gasteiger partial charge in [-0.3, -0.25) is 10.1 Å². The summed E-state index contributed by atoms with van der Waals surface area (Å²) in [5.74, 6) is -0.308. The van der Waals surface area contributed by atoms with Crippen molar-refractivity contribution in [1.29, 1.82) is 0 Å². The molecule has 0 aromatic heterocycles. The van der Waals surface area contributed by atoms with Crippen molar-refractivity contribution < 1.29 is 9.53 Å². The fourth-order valence-electron chi connectivity index (χ4n) is 1.00. The minimum atomic E-state index is -0.560. The van der Waals surface area contributed by atoms with Crippen molar-refractivity contribution in [1.82, 2.24) is 5.32 Å². The number of hydrogen-bond donors (Lipinski definition) is 2. The van der Waals surface area contributed by atoms with E-state index in [1.54, 1.807) is 0 Å². The maximum Gasteiger partial charge on any atom is 0.242 e. The molecular formula is C7H14N2O2. The maximum absolute atomic E-state index is 10.9. The Morgan fingerprint density at radius 3 is 2.64 bits per heavy atom. The zero-order chi connectivity index (χ0) is 8.32. The molecule has 64 valence electrons. The zero-order valence-electron chi connectivity index (χ0n) is 6.72. The third kappa shape index (κ3) is 1.52. The molecule has 0 saturated carbocycles. The number of rotatable bonds is 4. The van der Waals surface area contributed by atoms with E-state index in [2.05, 4.69) is 5.32 Å². The van der Waals surface area contributed by atoms with Crippen LogP contribution in [0, 0.1) is 0 Å². The van der Waals surface area contributed by atoms with Crippen LogP contribution in [0.25, 0.3) is 0 Å². The fraction of sp³-hybridized carbons (Fsp3) is 0.857. The van der Waals surface area contributed by atoms with E-state index in [4.69, 9.17) is 10.5 Å². The zero-order valence-corrected chi connectivity index (χ0v) is 6.72. The molecule has 1 amide bonds. The molecule has 0 spiro atoms. The Bertz CT molecular complexity index is 155. The van der Waals surface area contributed by atoms with Crippen molar-refractivity contribution >= 4 is 5.91 Å². The second kappa shape index (κ2) is 3.19. The molecule has 0 aromatic rings. The van der Waals surface area contributed by atoms with Crippen molar-refractivity contribution in [2.24, 2.45) is 5.73 Å². The molecule has 1 aliphatic heterocycles. The monoisotopic (exact) mass is 158 g/mol. The first-order chi connectivity index (χ1) is 5.21. The van der Waals surface area contributed by atoms with Crippen LogP contribution in [0.2, 0.25) is 0 Å². The van der Waals surface area contributed by atoms with Crippen molar-refractivity contribution in [2.45, 2.75) is 18.9 Å². The summed E-state index contributed by atoms with van der Waals surface area (Å²) in [7, 11) is 0. The van der Waals surface area contributed by atoms with Gasteiger partial charge in [0.25, 0.3) is 0 Å². The van der Waals surface area contributed by atoms with Crippen LogP contribution in [0.1, 0.15) is 13.3 Å². The highest BCUT2D eigenvalue weighted by Crippen LogP contribution is 2.15. The van der Waals surface area contributed by atoms with Crippen molar-refractivity contribution in [3.8, 4) is 0 Å². The second-order valence-electron chi connectivity index (χ2n) is 2.87. The van der Waals surface area contributed by atoms with E-state index in [0.717, 1.165) is 13.0 Å². The summed E-state index contributed by atoms with van der Waals surface area (Å²) in [5.41, 5.74) is 4.63. The van der Waals surface area contributed by atoms with Crippen LogP contribution in [0.15, 0.2) is 0 Å². The molecule has 4 heteroatoms. The molecule has 0 aromatic carbocycles. The van der Waals surface area contributed by atoms with Crippen molar-refractivity contribution in [2.75, 3.05) is 19.8 Å². The minimum Gasteiger partial charge on any atom is -0.376 e. The molecule has 3 N–H and O–H groups in total. The molecule has 1 heterocycles. The average molecular weight is 158 g/mol. The second-order valence-corrected chi connectivity index (χ2v) is 2.87. The Labute approximate surface area is 66.1 Å². The van der Waals surface area contributed by atoms with E-state index >= 15 is 0 Å². The van der Waals surface area contributed by atoms with Gasteiger partial charge in [-0.05, 0) is 13.0 Å². The predicted molar refractivity (Wildman–Crippen MR) is 41.0 cm³/mol. The smallest absolute Gasteiger partial charge is 0.242 e. The Balaban J connectivity index is 2.40. The van der Waals surface area contributed by atoms with E-state index < -0.39 is 5.54 Å². The SMILES string of the molecule is CCCNC1(C(N)=O)COC1. The molecule has 1 aliphatic rings. The number of amides is 1. The summed E-state index contributed by atoms with van der Waals surface area (Å²) in [6.45, 7) is 3.69. The van der Waals surface area contributed by atoms with E-state index in [0.29, 0.717) is 13.2 Å². The van der Waals surface area contributed by atoms with Gasteiger partial charge in [0.1, 0.15) is 5.54 Å². The quantitative estimate of drug-likeness (QED) is 0.565. The Morgan fingerprint density at radius 2 is 2.36 bits per heavy atom. The minimum absolute atomic E-state index is 0.308. The van der Waals surface area contributed by atoms with Gasteiger partial charge in [-0.1, -0.05) is 6.92 Å². The van der Waals surface area contributed by atoms with Gasteiger partial charge in [-0.15, -0.1) is 0 Å². The summed E-state index contributed by atoms with van der Waals surface area (Å²) in [6.07, 6.45) is 0.995. The standard InChI is InChI=1S/C7H14N2O2/c1-2-3-9-7(6(8)10)4-11-5-7/h9H,2-5H2,1H3,(H2,8,10). The summed E-state index contributed by atoms with van der Waals surface area (Å²) >= 11 is 0. The lowest BCUT2D eigenvalue weighted by Gasteiger charge is -2.39. The van der Waals surface area contributed by atoms with Crippen LogP contribution < -0.4 is 11.1 Å². The normalized spacial score (nSPS) is 20.8. The number of carbonyl (C=O) groups excluding carboxylic acids is 1. The predicted octanol–water partition coefficient (Wildman–Crippen LogP) is -0.760. The maximum atomic E-state index is 10.9. The first-order valence-electron chi connectivity index (χ1n) is 3.84.